The van der Waals surface area contributed by atoms with Crippen LogP contribution in [0.15, 0.2) is 29.2 Å². The Hall–Kier alpha value is -1.75. The fourth-order valence-corrected chi connectivity index (χ4v) is 4.13. The molecule has 26 heavy (non-hydrogen) atoms. The number of carbonyl (C=O) groups is 1. The van der Waals surface area contributed by atoms with E-state index in [0.29, 0.717) is 6.42 Å². The molecule has 0 spiro atoms. The third kappa shape index (κ3) is 5.90. The fourth-order valence-electron chi connectivity index (χ4n) is 2.93. The molecule has 0 heterocycles. The zero-order chi connectivity index (χ0) is 18.4. The minimum Gasteiger partial charge on any atom is -0.355 e. The predicted molar refractivity (Wildman–Crippen MR) is 98.5 cm³/mol. The van der Waals surface area contributed by atoms with Crippen molar-refractivity contribution in [1.82, 2.24) is 10.0 Å². The largest absolute Gasteiger partial charge is 0.355 e. The number of sulfonamides is 1. The molecule has 1 aromatic carbocycles. The molecule has 1 amide bonds. The highest BCUT2D eigenvalue weighted by atomic mass is 35.5. The summed E-state index contributed by atoms with van der Waals surface area (Å²) in [6, 6.07) is 5.14. The van der Waals surface area contributed by atoms with E-state index >= 15 is 0 Å². The lowest BCUT2D eigenvalue weighted by molar-refractivity contribution is -0.387. The first-order valence-corrected chi connectivity index (χ1v) is 9.55. The molecule has 1 saturated carbocycles. The normalized spacial score (nSPS) is 19.6. The summed E-state index contributed by atoms with van der Waals surface area (Å²) in [5.41, 5.74) is 5.42. The molecule has 9 nitrogen and oxygen atoms in total. The van der Waals surface area contributed by atoms with Crippen LogP contribution < -0.4 is 15.8 Å². The van der Waals surface area contributed by atoms with Gasteiger partial charge < -0.3 is 11.1 Å². The van der Waals surface area contributed by atoms with Gasteiger partial charge in [-0.05, 0) is 24.8 Å². The van der Waals surface area contributed by atoms with Gasteiger partial charge in [0, 0.05) is 31.6 Å². The summed E-state index contributed by atoms with van der Waals surface area (Å²) in [5, 5.41) is 13.6. The van der Waals surface area contributed by atoms with Crippen LogP contribution in [0.25, 0.3) is 0 Å². The highest BCUT2D eigenvalue weighted by Crippen LogP contribution is 2.26. The van der Waals surface area contributed by atoms with Crippen molar-refractivity contribution in [2.24, 2.45) is 11.7 Å². The van der Waals surface area contributed by atoms with E-state index in [1.165, 1.54) is 18.2 Å². The summed E-state index contributed by atoms with van der Waals surface area (Å²) in [4.78, 5) is 21.6. The summed E-state index contributed by atoms with van der Waals surface area (Å²) < 4.78 is 26.6. The molecule has 0 aliphatic heterocycles. The number of nitro groups is 1. The first-order chi connectivity index (χ1) is 11.8. The molecule has 2 atom stereocenters. The zero-order valence-electron chi connectivity index (χ0n) is 14.1. The SMILES string of the molecule is Cl.N[C@@H]1CCC[C@H]1CC(=O)NCCNS(=O)(=O)c1ccccc1[N+](=O)[O-]. The van der Waals surface area contributed by atoms with Crippen molar-refractivity contribution in [3.05, 3.63) is 34.4 Å². The lowest BCUT2D eigenvalue weighted by atomic mass is 10.00. The van der Waals surface area contributed by atoms with Gasteiger partial charge in [0.25, 0.3) is 5.69 Å². The molecule has 0 saturated heterocycles. The number of hydrogen-bond acceptors (Lipinski definition) is 6. The molecule has 1 aliphatic carbocycles. The second kappa shape index (κ2) is 9.81. The highest BCUT2D eigenvalue weighted by Gasteiger charge is 2.26. The molecule has 1 fully saturated rings. The Bertz CT molecular complexity index is 743. The summed E-state index contributed by atoms with van der Waals surface area (Å²) >= 11 is 0. The maximum atomic E-state index is 12.2. The monoisotopic (exact) mass is 406 g/mol. The Balaban J connectivity index is 0.00000338. The third-order valence-electron chi connectivity index (χ3n) is 4.26. The van der Waals surface area contributed by atoms with Gasteiger partial charge in [0.15, 0.2) is 4.90 Å². The predicted octanol–water partition coefficient (Wildman–Crippen LogP) is 0.929. The van der Waals surface area contributed by atoms with Crippen LogP contribution in [0.3, 0.4) is 0 Å². The van der Waals surface area contributed by atoms with Gasteiger partial charge in [-0.1, -0.05) is 18.6 Å². The average molecular weight is 407 g/mol. The van der Waals surface area contributed by atoms with Crippen molar-refractivity contribution in [2.75, 3.05) is 13.1 Å². The summed E-state index contributed by atoms with van der Waals surface area (Å²) in [6.45, 7) is 0.0392. The lowest BCUT2D eigenvalue weighted by Gasteiger charge is -2.14. The van der Waals surface area contributed by atoms with Crippen molar-refractivity contribution in [2.45, 2.75) is 36.6 Å². The molecule has 1 aliphatic rings. The van der Waals surface area contributed by atoms with Crippen molar-refractivity contribution in [1.29, 1.82) is 0 Å². The first-order valence-electron chi connectivity index (χ1n) is 8.06. The summed E-state index contributed by atoms with van der Waals surface area (Å²) in [7, 11) is -4.03. The van der Waals surface area contributed by atoms with Crippen LogP contribution in [-0.2, 0) is 14.8 Å². The van der Waals surface area contributed by atoms with E-state index in [4.69, 9.17) is 5.73 Å². The minimum absolute atomic E-state index is 0. The van der Waals surface area contributed by atoms with Crippen LogP contribution in [0.1, 0.15) is 25.7 Å². The van der Waals surface area contributed by atoms with Crippen molar-refractivity contribution < 1.29 is 18.1 Å². The number of nitro benzene ring substituents is 1. The van der Waals surface area contributed by atoms with Gasteiger partial charge in [-0.3, -0.25) is 14.9 Å². The number of amides is 1. The number of nitrogens with two attached hydrogens (primary N) is 1. The Morgan fingerprint density at radius 2 is 1.96 bits per heavy atom. The van der Waals surface area contributed by atoms with Gasteiger partial charge in [-0.25, -0.2) is 13.1 Å². The van der Waals surface area contributed by atoms with E-state index in [9.17, 15) is 23.3 Å². The number of para-hydroxylation sites is 1. The number of rotatable bonds is 8. The maximum absolute atomic E-state index is 12.2. The second-order valence-electron chi connectivity index (χ2n) is 6.03. The summed E-state index contributed by atoms with van der Waals surface area (Å²) in [5.74, 6) is -0.00380. The van der Waals surface area contributed by atoms with Crippen LogP contribution in [0.2, 0.25) is 0 Å². The molecule has 146 valence electrons. The molecular formula is C15H23ClN4O5S. The number of benzene rings is 1. The van der Waals surface area contributed by atoms with E-state index in [-0.39, 0.29) is 43.4 Å². The molecule has 0 radical (unpaired) electrons. The van der Waals surface area contributed by atoms with Gasteiger partial charge in [0.1, 0.15) is 0 Å². The molecule has 0 bridgehead atoms. The quantitative estimate of drug-likeness (QED) is 0.332. The minimum atomic E-state index is -4.03. The first kappa shape index (κ1) is 22.3. The topological polar surface area (TPSA) is 144 Å². The molecule has 0 unspecified atom stereocenters. The Morgan fingerprint density at radius 1 is 1.27 bits per heavy atom. The third-order valence-corrected chi connectivity index (χ3v) is 5.76. The van der Waals surface area contributed by atoms with Gasteiger partial charge in [0.05, 0.1) is 4.92 Å². The maximum Gasteiger partial charge on any atom is 0.289 e. The smallest absolute Gasteiger partial charge is 0.289 e. The number of carbonyl (C=O) groups excluding carboxylic acids is 1. The van der Waals surface area contributed by atoms with Crippen LogP contribution in [0, 0.1) is 16.0 Å². The van der Waals surface area contributed by atoms with Gasteiger partial charge in [-0.15, -0.1) is 12.4 Å². The number of hydrogen-bond donors (Lipinski definition) is 3. The summed E-state index contributed by atoms with van der Waals surface area (Å²) in [6.07, 6.45) is 3.21. The van der Waals surface area contributed by atoms with E-state index < -0.39 is 25.5 Å². The molecular weight excluding hydrogens is 384 g/mol. The van der Waals surface area contributed by atoms with Crippen LogP contribution in [-0.4, -0.2) is 38.4 Å². The standard InChI is InChI=1S/C15H22N4O5S.ClH/c16-12-5-3-4-11(12)10-15(20)17-8-9-18-25(23,24)14-7-2-1-6-13(14)19(21)22;/h1-2,6-7,11-12,18H,3-5,8-10,16H2,(H,17,20);1H/t11-,12+;/m0./s1. The Kier molecular flexibility index (Phi) is 8.41. The fraction of sp³-hybridized carbons (Fsp3) is 0.533. The van der Waals surface area contributed by atoms with E-state index in [1.54, 1.807) is 0 Å². The molecule has 4 N–H and O–H groups in total. The van der Waals surface area contributed by atoms with E-state index in [2.05, 4.69) is 10.0 Å². The number of halogens is 1. The average Bonchev–Trinajstić information content (AvgIpc) is 2.96. The van der Waals surface area contributed by atoms with Crippen molar-refractivity contribution >= 4 is 34.0 Å². The zero-order valence-corrected chi connectivity index (χ0v) is 15.7. The van der Waals surface area contributed by atoms with Crippen LogP contribution >= 0.6 is 12.4 Å². The number of nitrogens with one attached hydrogen (secondary N) is 2. The molecule has 1 aromatic rings. The van der Waals surface area contributed by atoms with E-state index in [1.807, 2.05) is 0 Å². The molecule has 0 aromatic heterocycles. The van der Waals surface area contributed by atoms with Gasteiger partial charge in [0.2, 0.25) is 15.9 Å². The van der Waals surface area contributed by atoms with Crippen molar-refractivity contribution in [3.63, 3.8) is 0 Å². The Labute approximate surface area is 158 Å². The van der Waals surface area contributed by atoms with Crippen LogP contribution in [0.4, 0.5) is 5.69 Å². The second-order valence-corrected chi connectivity index (χ2v) is 7.77. The number of nitrogens with zero attached hydrogens (tertiary/aromatic N) is 1. The van der Waals surface area contributed by atoms with Gasteiger partial charge in [-0.2, -0.15) is 0 Å². The molecule has 11 heteroatoms. The van der Waals surface area contributed by atoms with Crippen LogP contribution in [0.5, 0.6) is 0 Å². The van der Waals surface area contributed by atoms with Gasteiger partial charge >= 0.3 is 0 Å². The van der Waals surface area contributed by atoms with E-state index in [0.717, 1.165) is 25.3 Å². The van der Waals surface area contributed by atoms with Crippen molar-refractivity contribution in [3.8, 4) is 0 Å². The highest BCUT2D eigenvalue weighted by molar-refractivity contribution is 7.89. The Morgan fingerprint density at radius 3 is 2.58 bits per heavy atom. The lowest BCUT2D eigenvalue weighted by Crippen LogP contribution is -2.36. The molecule has 2 rings (SSSR count).